The summed E-state index contributed by atoms with van der Waals surface area (Å²) in [5.74, 6) is -0.0505. The van der Waals surface area contributed by atoms with Gasteiger partial charge >= 0.3 is 6.03 Å². The van der Waals surface area contributed by atoms with Gasteiger partial charge in [0, 0.05) is 32.2 Å². The van der Waals surface area contributed by atoms with Gasteiger partial charge in [0.05, 0.1) is 29.5 Å². The maximum Gasteiger partial charge on any atom is 0.322 e. The summed E-state index contributed by atoms with van der Waals surface area (Å²) in [5, 5.41) is 7.81. The lowest BCUT2D eigenvalue weighted by Gasteiger charge is -2.21. The lowest BCUT2D eigenvalue weighted by molar-refractivity contribution is 0.0754. The van der Waals surface area contributed by atoms with E-state index in [0.29, 0.717) is 36.0 Å². The summed E-state index contributed by atoms with van der Waals surface area (Å²) in [7, 11) is 3.89. The number of carbonyl (C=O) groups is 2. The van der Waals surface area contributed by atoms with Gasteiger partial charge in [0.1, 0.15) is 0 Å². The molecule has 3 amide bonds. The van der Waals surface area contributed by atoms with Crippen LogP contribution in [0.2, 0.25) is 5.02 Å². The Kier molecular flexibility index (Phi) is 5.47. The number of carbonyl (C=O) groups excluding carboxylic acids is 2. The number of urea groups is 1. The number of nitrogens with one attached hydrogen (secondary N) is 1. The van der Waals surface area contributed by atoms with Crippen molar-refractivity contribution in [2.24, 2.45) is 7.05 Å². The average molecular weight is 417 g/mol. The van der Waals surface area contributed by atoms with Gasteiger partial charge < -0.3 is 20.0 Å². The van der Waals surface area contributed by atoms with E-state index in [2.05, 4.69) is 22.4 Å². The molecule has 2 aliphatic heterocycles. The largest absolute Gasteiger partial charge is 0.336 e. The SMILES string of the molecule is CN1CCCN(C(=O)c2nn(C)c3c2CN(C(=O)Nc2ccccc2Cl)C3)CC1. The number of likely N-dealkylation sites (N-methyl/N-ethyl adjacent to an activating group) is 1. The Morgan fingerprint density at radius 2 is 1.83 bits per heavy atom. The highest BCUT2D eigenvalue weighted by atomic mass is 35.5. The molecule has 0 aliphatic carbocycles. The van der Waals surface area contributed by atoms with Crippen molar-refractivity contribution in [3.05, 3.63) is 46.2 Å². The zero-order valence-corrected chi connectivity index (χ0v) is 17.4. The molecule has 2 aromatic rings. The van der Waals surface area contributed by atoms with Gasteiger partial charge in [-0.3, -0.25) is 9.48 Å². The van der Waals surface area contributed by atoms with Gasteiger partial charge in [-0.15, -0.1) is 0 Å². The zero-order valence-electron chi connectivity index (χ0n) is 16.7. The van der Waals surface area contributed by atoms with Gasteiger partial charge in [-0.2, -0.15) is 5.10 Å². The third-order valence-corrected chi connectivity index (χ3v) is 5.91. The van der Waals surface area contributed by atoms with Gasteiger partial charge in [0.25, 0.3) is 5.91 Å². The Balaban J connectivity index is 1.49. The second-order valence-corrected chi connectivity index (χ2v) is 8.02. The van der Waals surface area contributed by atoms with Crippen LogP contribution in [0, 0.1) is 0 Å². The summed E-state index contributed by atoms with van der Waals surface area (Å²) in [5.41, 5.74) is 2.76. The molecule has 0 bridgehead atoms. The number of fused-ring (bicyclic) bond motifs is 1. The molecule has 0 atom stereocenters. The molecule has 0 spiro atoms. The minimum absolute atomic E-state index is 0.0505. The van der Waals surface area contributed by atoms with Gasteiger partial charge in [-0.1, -0.05) is 23.7 Å². The Hall–Kier alpha value is -2.58. The maximum atomic E-state index is 13.1. The fraction of sp³-hybridized carbons (Fsp3) is 0.450. The molecule has 0 radical (unpaired) electrons. The molecule has 3 heterocycles. The lowest BCUT2D eigenvalue weighted by Crippen LogP contribution is -2.36. The first-order valence-electron chi connectivity index (χ1n) is 9.77. The van der Waals surface area contributed by atoms with Crippen molar-refractivity contribution in [2.75, 3.05) is 38.5 Å². The average Bonchev–Trinajstić information content (AvgIpc) is 3.18. The van der Waals surface area contributed by atoms with Crippen molar-refractivity contribution < 1.29 is 9.59 Å². The number of hydrogen-bond acceptors (Lipinski definition) is 4. The molecule has 1 saturated heterocycles. The zero-order chi connectivity index (χ0) is 20.5. The minimum Gasteiger partial charge on any atom is -0.336 e. The van der Waals surface area contributed by atoms with Crippen LogP contribution in [-0.2, 0) is 20.1 Å². The quantitative estimate of drug-likeness (QED) is 0.815. The van der Waals surface area contributed by atoms with Crippen LogP contribution < -0.4 is 5.32 Å². The molecule has 1 N–H and O–H groups in total. The molecule has 29 heavy (non-hydrogen) atoms. The molecular weight excluding hydrogens is 392 g/mol. The fourth-order valence-electron chi connectivity index (χ4n) is 3.87. The number of amides is 3. The van der Waals surface area contributed by atoms with E-state index in [1.165, 1.54) is 0 Å². The van der Waals surface area contributed by atoms with E-state index in [9.17, 15) is 9.59 Å². The predicted molar refractivity (Wildman–Crippen MR) is 111 cm³/mol. The van der Waals surface area contributed by atoms with Crippen molar-refractivity contribution in [1.82, 2.24) is 24.5 Å². The number of para-hydroxylation sites is 1. The summed E-state index contributed by atoms with van der Waals surface area (Å²) >= 11 is 6.14. The summed E-state index contributed by atoms with van der Waals surface area (Å²) in [4.78, 5) is 31.7. The van der Waals surface area contributed by atoms with Crippen molar-refractivity contribution in [3.8, 4) is 0 Å². The normalized spacial score (nSPS) is 17.2. The number of benzene rings is 1. The predicted octanol–water partition coefficient (Wildman–Crippen LogP) is 2.40. The Morgan fingerprint density at radius 3 is 2.62 bits per heavy atom. The third-order valence-electron chi connectivity index (χ3n) is 5.58. The summed E-state index contributed by atoms with van der Waals surface area (Å²) in [6.07, 6.45) is 0.948. The summed E-state index contributed by atoms with van der Waals surface area (Å²) in [6, 6.07) is 6.88. The molecule has 0 unspecified atom stereocenters. The number of aryl methyl sites for hydroxylation is 1. The molecule has 1 aromatic heterocycles. The molecule has 2 aliphatic rings. The highest BCUT2D eigenvalue weighted by Crippen LogP contribution is 2.28. The van der Waals surface area contributed by atoms with E-state index in [-0.39, 0.29) is 11.9 Å². The number of rotatable bonds is 2. The highest BCUT2D eigenvalue weighted by molar-refractivity contribution is 6.33. The van der Waals surface area contributed by atoms with Crippen LogP contribution in [0.4, 0.5) is 10.5 Å². The second-order valence-electron chi connectivity index (χ2n) is 7.61. The molecule has 1 aromatic carbocycles. The molecule has 154 valence electrons. The third kappa shape index (κ3) is 3.95. The first-order valence-corrected chi connectivity index (χ1v) is 10.1. The first-order chi connectivity index (χ1) is 13.9. The topological polar surface area (TPSA) is 73.7 Å². The van der Waals surface area contributed by atoms with Crippen molar-refractivity contribution in [3.63, 3.8) is 0 Å². The fourth-order valence-corrected chi connectivity index (χ4v) is 4.05. The van der Waals surface area contributed by atoms with E-state index in [4.69, 9.17) is 11.6 Å². The summed E-state index contributed by atoms with van der Waals surface area (Å²) in [6.45, 7) is 4.02. The summed E-state index contributed by atoms with van der Waals surface area (Å²) < 4.78 is 1.72. The van der Waals surface area contributed by atoms with Crippen LogP contribution in [0.5, 0.6) is 0 Å². The second kappa shape index (κ2) is 8.04. The van der Waals surface area contributed by atoms with E-state index in [1.54, 1.807) is 21.7 Å². The van der Waals surface area contributed by atoms with Crippen LogP contribution in [0.3, 0.4) is 0 Å². The maximum absolute atomic E-state index is 13.1. The van der Waals surface area contributed by atoms with E-state index in [1.807, 2.05) is 24.1 Å². The number of nitrogens with zero attached hydrogens (tertiary/aromatic N) is 5. The van der Waals surface area contributed by atoms with Crippen LogP contribution in [0.15, 0.2) is 24.3 Å². The van der Waals surface area contributed by atoms with Gasteiger partial charge in [-0.05, 0) is 32.1 Å². The van der Waals surface area contributed by atoms with Gasteiger partial charge in [-0.25, -0.2) is 4.79 Å². The van der Waals surface area contributed by atoms with Gasteiger partial charge in [0.15, 0.2) is 5.69 Å². The molecule has 4 rings (SSSR count). The molecule has 1 fully saturated rings. The van der Waals surface area contributed by atoms with Crippen LogP contribution >= 0.6 is 11.6 Å². The number of anilines is 1. The molecule has 0 saturated carbocycles. The van der Waals surface area contributed by atoms with Crippen molar-refractivity contribution in [2.45, 2.75) is 19.5 Å². The highest BCUT2D eigenvalue weighted by Gasteiger charge is 2.34. The van der Waals surface area contributed by atoms with Crippen molar-refractivity contribution in [1.29, 1.82) is 0 Å². The number of halogens is 1. The molecule has 8 nitrogen and oxygen atoms in total. The monoisotopic (exact) mass is 416 g/mol. The first kappa shape index (κ1) is 19.7. The van der Waals surface area contributed by atoms with Crippen LogP contribution in [0.1, 0.15) is 28.2 Å². The molecule has 9 heteroatoms. The van der Waals surface area contributed by atoms with Crippen LogP contribution in [0.25, 0.3) is 0 Å². The minimum atomic E-state index is -0.246. The lowest BCUT2D eigenvalue weighted by atomic mass is 10.2. The Labute approximate surface area is 175 Å². The number of hydrogen-bond donors (Lipinski definition) is 1. The standard InChI is InChI=1S/C20H25ClN6O2/c1-24-8-5-9-26(11-10-24)19(28)18-14-12-27(13-17(14)25(2)23-18)20(29)22-16-7-4-3-6-15(16)21/h3-4,6-7H,5,8-13H2,1-2H3,(H,22,29). The van der Waals surface area contributed by atoms with Crippen LogP contribution in [-0.4, -0.2) is 69.6 Å². The van der Waals surface area contributed by atoms with E-state index < -0.39 is 0 Å². The van der Waals surface area contributed by atoms with Gasteiger partial charge in [0.2, 0.25) is 0 Å². The van der Waals surface area contributed by atoms with Crippen molar-refractivity contribution >= 4 is 29.2 Å². The van der Waals surface area contributed by atoms with E-state index in [0.717, 1.165) is 37.3 Å². The molecular formula is C20H25ClN6O2. The smallest absolute Gasteiger partial charge is 0.322 e. The Bertz CT molecular complexity index is 943. The van der Waals surface area contributed by atoms with E-state index >= 15 is 0 Å². The number of aromatic nitrogens is 2. The Morgan fingerprint density at radius 1 is 1.03 bits per heavy atom.